The number of ether oxygens (including phenoxy) is 1. The van der Waals surface area contributed by atoms with Gasteiger partial charge in [0.1, 0.15) is 6.61 Å². The first-order valence-corrected chi connectivity index (χ1v) is 4.82. The first-order valence-electron chi connectivity index (χ1n) is 4.82. The minimum absolute atomic E-state index is 0.211. The highest BCUT2D eigenvalue weighted by Gasteiger charge is 2.20. The predicted octanol–water partition coefficient (Wildman–Crippen LogP) is 2.05. The van der Waals surface area contributed by atoms with E-state index in [9.17, 15) is 0 Å². The molecule has 0 bridgehead atoms. The Labute approximate surface area is 74.8 Å². The van der Waals surface area contributed by atoms with Crippen LogP contribution in [0.3, 0.4) is 0 Å². The van der Waals surface area contributed by atoms with Crippen LogP contribution >= 0.6 is 0 Å². The van der Waals surface area contributed by atoms with E-state index < -0.39 is 0 Å². The molecule has 1 atom stereocenters. The third kappa shape index (κ3) is 2.86. The van der Waals surface area contributed by atoms with Gasteiger partial charge in [-0.15, -0.1) is 0 Å². The summed E-state index contributed by atoms with van der Waals surface area (Å²) < 4.78 is 5.09. The molecule has 0 spiro atoms. The number of hydrogen-bond acceptors (Lipinski definition) is 2. The Bertz CT molecular complexity index is 130. The lowest BCUT2D eigenvalue weighted by Gasteiger charge is -2.26. The lowest BCUT2D eigenvalue weighted by Crippen LogP contribution is -2.35. The van der Waals surface area contributed by atoms with Gasteiger partial charge in [-0.1, -0.05) is 25.8 Å². The molecule has 0 aromatic carbocycles. The lowest BCUT2D eigenvalue weighted by atomic mass is 9.84. The molecule has 2 nitrogen and oxygen atoms in total. The monoisotopic (exact) mass is 169 g/mol. The van der Waals surface area contributed by atoms with Crippen molar-refractivity contribution in [2.24, 2.45) is 11.7 Å². The Morgan fingerprint density at radius 1 is 1.42 bits per heavy atom. The van der Waals surface area contributed by atoms with E-state index in [-0.39, 0.29) is 6.04 Å². The molecule has 0 aromatic rings. The largest absolute Gasteiger partial charge is 0.500 e. The Balaban J connectivity index is 2.19. The van der Waals surface area contributed by atoms with Crippen LogP contribution in [0, 0.1) is 5.92 Å². The summed E-state index contributed by atoms with van der Waals surface area (Å²) in [6.45, 7) is 4.13. The van der Waals surface area contributed by atoms with Gasteiger partial charge in [0.2, 0.25) is 0 Å². The fourth-order valence-corrected chi connectivity index (χ4v) is 1.88. The Morgan fingerprint density at radius 3 is 2.67 bits per heavy atom. The molecular weight excluding hydrogens is 150 g/mol. The van der Waals surface area contributed by atoms with E-state index in [1.54, 1.807) is 0 Å². The second-order valence-corrected chi connectivity index (χ2v) is 3.56. The van der Waals surface area contributed by atoms with Gasteiger partial charge in [0, 0.05) is 6.04 Å². The Kier molecular flexibility index (Phi) is 4.15. The SMILES string of the molecule is C=COCC(N)C1CCCCC1. The topological polar surface area (TPSA) is 35.2 Å². The van der Waals surface area contributed by atoms with Crippen LogP contribution in [0.15, 0.2) is 12.8 Å². The average molecular weight is 169 g/mol. The standard InChI is InChI=1S/C10H19NO/c1-2-12-8-10(11)9-6-4-3-5-7-9/h2,9-10H,1,3-8,11H2. The maximum absolute atomic E-state index is 5.96. The number of rotatable bonds is 4. The van der Waals surface area contributed by atoms with Crippen molar-refractivity contribution in [2.45, 2.75) is 38.1 Å². The molecule has 0 aliphatic heterocycles. The van der Waals surface area contributed by atoms with Crippen molar-refractivity contribution in [2.75, 3.05) is 6.61 Å². The van der Waals surface area contributed by atoms with Gasteiger partial charge in [-0.2, -0.15) is 0 Å². The summed E-state index contributed by atoms with van der Waals surface area (Å²) in [5, 5.41) is 0. The fraction of sp³-hybridized carbons (Fsp3) is 0.800. The van der Waals surface area contributed by atoms with Crippen LogP contribution in [0.25, 0.3) is 0 Å². The van der Waals surface area contributed by atoms with E-state index in [1.165, 1.54) is 38.4 Å². The van der Waals surface area contributed by atoms with E-state index in [4.69, 9.17) is 10.5 Å². The molecule has 1 aliphatic rings. The van der Waals surface area contributed by atoms with E-state index >= 15 is 0 Å². The van der Waals surface area contributed by atoms with Gasteiger partial charge in [-0.3, -0.25) is 0 Å². The third-order valence-electron chi connectivity index (χ3n) is 2.66. The zero-order valence-corrected chi connectivity index (χ0v) is 7.67. The molecule has 0 amide bonds. The quantitative estimate of drug-likeness (QED) is 0.654. The van der Waals surface area contributed by atoms with Crippen molar-refractivity contribution in [1.29, 1.82) is 0 Å². The molecule has 12 heavy (non-hydrogen) atoms. The zero-order chi connectivity index (χ0) is 8.81. The third-order valence-corrected chi connectivity index (χ3v) is 2.66. The summed E-state index contributed by atoms with van der Waals surface area (Å²) in [4.78, 5) is 0. The lowest BCUT2D eigenvalue weighted by molar-refractivity contribution is 0.177. The van der Waals surface area contributed by atoms with Gasteiger partial charge in [0.15, 0.2) is 0 Å². The summed E-state index contributed by atoms with van der Waals surface area (Å²) in [6.07, 6.45) is 8.09. The Morgan fingerprint density at radius 2 is 2.08 bits per heavy atom. The van der Waals surface area contributed by atoms with Crippen LogP contribution in [0.4, 0.5) is 0 Å². The van der Waals surface area contributed by atoms with E-state index in [1.807, 2.05) is 0 Å². The van der Waals surface area contributed by atoms with Gasteiger partial charge in [-0.05, 0) is 18.8 Å². The van der Waals surface area contributed by atoms with Gasteiger partial charge >= 0.3 is 0 Å². The second-order valence-electron chi connectivity index (χ2n) is 3.56. The average Bonchev–Trinajstić information content (AvgIpc) is 2.15. The highest BCUT2D eigenvalue weighted by molar-refractivity contribution is 4.76. The molecule has 1 aliphatic carbocycles. The zero-order valence-electron chi connectivity index (χ0n) is 7.67. The highest BCUT2D eigenvalue weighted by Crippen LogP contribution is 2.25. The van der Waals surface area contributed by atoms with Gasteiger partial charge in [0.05, 0.1) is 6.26 Å². The Hall–Kier alpha value is -0.500. The van der Waals surface area contributed by atoms with Crippen molar-refractivity contribution in [3.8, 4) is 0 Å². The van der Waals surface area contributed by atoms with E-state index in [0.717, 1.165) is 0 Å². The molecule has 1 fully saturated rings. The van der Waals surface area contributed by atoms with E-state index in [0.29, 0.717) is 12.5 Å². The van der Waals surface area contributed by atoms with Crippen molar-refractivity contribution >= 4 is 0 Å². The summed E-state index contributed by atoms with van der Waals surface area (Å²) in [7, 11) is 0. The molecular formula is C10H19NO. The fourth-order valence-electron chi connectivity index (χ4n) is 1.88. The van der Waals surface area contributed by atoms with Crippen molar-refractivity contribution < 1.29 is 4.74 Å². The molecule has 0 heterocycles. The maximum Gasteiger partial charge on any atom is 0.103 e. The smallest absolute Gasteiger partial charge is 0.103 e. The molecule has 70 valence electrons. The van der Waals surface area contributed by atoms with Crippen LogP contribution in [0.1, 0.15) is 32.1 Å². The molecule has 1 saturated carbocycles. The van der Waals surface area contributed by atoms with Crippen LogP contribution < -0.4 is 5.73 Å². The summed E-state index contributed by atoms with van der Waals surface area (Å²) in [5.74, 6) is 0.679. The van der Waals surface area contributed by atoms with Crippen molar-refractivity contribution in [3.63, 3.8) is 0 Å². The van der Waals surface area contributed by atoms with Crippen LogP contribution in [0.5, 0.6) is 0 Å². The molecule has 2 heteroatoms. The van der Waals surface area contributed by atoms with E-state index in [2.05, 4.69) is 6.58 Å². The normalized spacial score (nSPS) is 21.8. The summed E-state index contributed by atoms with van der Waals surface area (Å²) in [5.41, 5.74) is 5.96. The van der Waals surface area contributed by atoms with Crippen molar-refractivity contribution in [1.82, 2.24) is 0 Å². The highest BCUT2D eigenvalue weighted by atomic mass is 16.5. The van der Waals surface area contributed by atoms with Gasteiger partial charge in [0.25, 0.3) is 0 Å². The molecule has 1 rings (SSSR count). The number of nitrogens with two attached hydrogens (primary N) is 1. The minimum atomic E-state index is 0.211. The molecule has 0 aromatic heterocycles. The van der Waals surface area contributed by atoms with Crippen LogP contribution in [-0.2, 0) is 4.74 Å². The molecule has 0 saturated heterocycles. The predicted molar refractivity (Wildman–Crippen MR) is 50.7 cm³/mol. The second kappa shape index (κ2) is 5.20. The first kappa shape index (κ1) is 9.59. The minimum Gasteiger partial charge on any atom is -0.500 e. The van der Waals surface area contributed by atoms with Crippen LogP contribution in [-0.4, -0.2) is 12.6 Å². The molecule has 1 unspecified atom stereocenters. The summed E-state index contributed by atoms with van der Waals surface area (Å²) in [6, 6.07) is 0.211. The summed E-state index contributed by atoms with van der Waals surface area (Å²) >= 11 is 0. The van der Waals surface area contributed by atoms with Crippen LogP contribution in [0.2, 0.25) is 0 Å². The first-order chi connectivity index (χ1) is 5.84. The molecule has 0 radical (unpaired) electrons. The van der Waals surface area contributed by atoms with Gasteiger partial charge < -0.3 is 10.5 Å². The number of hydrogen-bond donors (Lipinski definition) is 1. The van der Waals surface area contributed by atoms with Crippen molar-refractivity contribution in [3.05, 3.63) is 12.8 Å². The molecule has 2 N–H and O–H groups in total. The van der Waals surface area contributed by atoms with Gasteiger partial charge in [-0.25, -0.2) is 0 Å². The maximum atomic E-state index is 5.96.